The first-order chi connectivity index (χ1) is 10.6. The molecule has 0 spiro atoms. The number of carbonyl (C=O) groups excluding carboxylic acids is 1. The molecule has 0 aromatic carbocycles. The molecule has 1 atom stereocenters. The molecule has 1 amide bonds. The lowest BCUT2D eigenvalue weighted by Gasteiger charge is -2.39. The number of pyridine rings is 1. The van der Waals surface area contributed by atoms with Crippen molar-refractivity contribution in [2.24, 2.45) is 11.1 Å². The quantitative estimate of drug-likeness (QED) is 0.845. The van der Waals surface area contributed by atoms with E-state index in [2.05, 4.69) is 27.0 Å². The minimum absolute atomic E-state index is 0. The first-order valence-electron chi connectivity index (χ1n) is 8.00. The van der Waals surface area contributed by atoms with Crippen LogP contribution in [0, 0.1) is 5.41 Å². The first kappa shape index (κ1) is 18.0. The molecule has 0 aliphatic carbocycles. The van der Waals surface area contributed by atoms with Gasteiger partial charge in [-0.2, -0.15) is 0 Å². The van der Waals surface area contributed by atoms with Crippen molar-refractivity contribution in [3.8, 4) is 0 Å². The molecule has 1 aromatic rings. The van der Waals surface area contributed by atoms with Crippen molar-refractivity contribution in [2.45, 2.75) is 13.3 Å². The molecule has 1 aromatic heterocycles. The van der Waals surface area contributed by atoms with Gasteiger partial charge in [-0.25, -0.2) is 4.98 Å². The Kier molecular flexibility index (Phi) is 5.84. The summed E-state index contributed by atoms with van der Waals surface area (Å²) >= 11 is 0. The molecule has 3 N–H and O–H groups in total. The van der Waals surface area contributed by atoms with Crippen LogP contribution in [0.3, 0.4) is 0 Å². The van der Waals surface area contributed by atoms with Crippen molar-refractivity contribution in [2.75, 3.05) is 50.7 Å². The highest BCUT2D eigenvalue weighted by atomic mass is 35.5. The van der Waals surface area contributed by atoms with Crippen LogP contribution in [0.15, 0.2) is 18.3 Å². The molecule has 128 valence electrons. The second-order valence-electron chi connectivity index (χ2n) is 6.77. The maximum Gasteiger partial charge on any atom is 0.250 e. The summed E-state index contributed by atoms with van der Waals surface area (Å²) in [6, 6.07) is 3.64. The number of nitrogens with one attached hydrogen (secondary N) is 1. The van der Waals surface area contributed by atoms with E-state index in [0.29, 0.717) is 11.0 Å². The summed E-state index contributed by atoms with van der Waals surface area (Å²) in [5.74, 6) is 0.501. The standard InChI is InChI=1S/C16H25N5O.ClH/c1-16(4-5-18-11-16)12-20-6-8-21(9-7-20)14-3-2-13(10-19-14)15(17)22;/h2-3,10,18H,4-9,11-12H2,1H3,(H2,17,22);1H. The van der Waals surface area contributed by atoms with Gasteiger partial charge in [0.15, 0.2) is 0 Å². The van der Waals surface area contributed by atoms with Crippen LogP contribution in [0.1, 0.15) is 23.7 Å². The topological polar surface area (TPSA) is 74.5 Å². The Morgan fingerprint density at radius 3 is 2.61 bits per heavy atom. The number of aromatic nitrogens is 1. The highest BCUT2D eigenvalue weighted by Gasteiger charge is 2.31. The van der Waals surface area contributed by atoms with E-state index in [1.54, 1.807) is 12.3 Å². The second kappa shape index (κ2) is 7.47. The molecule has 2 aliphatic heterocycles. The number of piperazine rings is 1. The fourth-order valence-electron chi connectivity index (χ4n) is 3.40. The number of hydrogen-bond donors (Lipinski definition) is 2. The van der Waals surface area contributed by atoms with Gasteiger partial charge in [0.05, 0.1) is 5.56 Å². The Morgan fingerprint density at radius 1 is 1.35 bits per heavy atom. The van der Waals surface area contributed by atoms with E-state index >= 15 is 0 Å². The van der Waals surface area contributed by atoms with Gasteiger partial charge in [0, 0.05) is 45.5 Å². The number of nitrogens with two attached hydrogens (primary N) is 1. The van der Waals surface area contributed by atoms with Gasteiger partial charge in [-0.3, -0.25) is 9.69 Å². The van der Waals surface area contributed by atoms with Gasteiger partial charge >= 0.3 is 0 Å². The van der Waals surface area contributed by atoms with Crippen LogP contribution < -0.4 is 16.0 Å². The zero-order valence-corrected chi connectivity index (χ0v) is 14.4. The lowest BCUT2D eigenvalue weighted by molar-refractivity contribution is 0.1000. The molecule has 23 heavy (non-hydrogen) atoms. The van der Waals surface area contributed by atoms with Gasteiger partial charge in [0.2, 0.25) is 5.91 Å². The van der Waals surface area contributed by atoms with E-state index in [0.717, 1.165) is 45.1 Å². The molecule has 2 saturated heterocycles. The predicted octanol–water partition coefficient (Wildman–Crippen LogP) is 0.724. The Labute approximate surface area is 143 Å². The third-order valence-corrected chi connectivity index (χ3v) is 4.79. The molecule has 2 aliphatic rings. The van der Waals surface area contributed by atoms with Crippen LogP contribution in [-0.2, 0) is 0 Å². The largest absolute Gasteiger partial charge is 0.366 e. The number of nitrogens with zero attached hydrogens (tertiary/aromatic N) is 3. The van der Waals surface area contributed by atoms with E-state index < -0.39 is 5.91 Å². The third kappa shape index (κ3) is 4.34. The maximum absolute atomic E-state index is 11.1. The molecule has 7 heteroatoms. The molecule has 3 heterocycles. The lowest BCUT2D eigenvalue weighted by atomic mass is 9.89. The summed E-state index contributed by atoms with van der Waals surface area (Å²) in [4.78, 5) is 20.3. The van der Waals surface area contributed by atoms with E-state index in [9.17, 15) is 4.79 Å². The highest BCUT2D eigenvalue weighted by Crippen LogP contribution is 2.26. The number of carbonyl (C=O) groups is 1. The van der Waals surface area contributed by atoms with Crippen molar-refractivity contribution in [1.29, 1.82) is 0 Å². The van der Waals surface area contributed by atoms with Gasteiger partial charge in [0.25, 0.3) is 0 Å². The second-order valence-corrected chi connectivity index (χ2v) is 6.77. The van der Waals surface area contributed by atoms with E-state index in [-0.39, 0.29) is 12.4 Å². The van der Waals surface area contributed by atoms with Crippen LogP contribution in [0.4, 0.5) is 5.82 Å². The number of anilines is 1. The number of amides is 1. The lowest BCUT2D eigenvalue weighted by Crippen LogP contribution is -2.50. The Hall–Kier alpha value is -1.37. The molecular weight excluding hydrogens is 314 g/mol. The van der Waals surface area contributed by atoms with Crippen LogP contribution in [0.2, 0.25) is 0 Å². The summed E-state index contributed by atoms with van der Waals surface area (Å²) in [5.41, 5.74) is 6.13. The Bertz CT molecular complexity index is 522. The number of rotatable bonds is 4. The van der Waals surface area contributed by atoms with E-state index in [4.69, 9.17) is 5.73 Å². The smallest absolute Gasteiger partial charge is 0.250 e. The zero-order valence-electron chi connectivity index (χ0n) is 13.6. The van der Waals surface area contributed by atoms with Crippen LogP contribution in [-0.4, -0.2) is 61.6 Å². The summed E-state index contributed by atoms with van der Waals surface area (Å²) < 4.78 is 0. The Morgan fingerprint density at radius 2 is 2.09 bits per heavy atom. The fourth-order valence-corrected chi connectivity index (χ4v) is 3.40. The van der Waals surface area contributed by atoms with Gasteiger partial charge in [-0.05, 0) is 30.5 Å². The highest BCUT2D eigenvalue weighted by molar-refractivity contribution is 5.92. The van der Waals surface area contributed by atoms with Crippen molar-refractivity contribution in [3.05, 3.63) is 23.9 Å². The molecule has 3 rings (SSSR count). The van der Waals surface area contributed by atoms with E-state index in [1.807, 2.05) is 6.07 Å². The van der Waals surface area contributed by atoms with Gasteiger partial charge < -0.3 is 16.0 Å². The maximum atomic E-state index is 11.1. The van der Waals surface area contributed by atoms with Crippen LogP contribution in [0.25, 0.3) is 0 Å². The monoisotopic (exact) mass is 339 g/mol. The molecule has 0 bridgehead atoms. The van der Waals surface area contributed by atoms with Crippen LogP contribution in [0.5, 0.6) is 0 Å². The van der Waals surface area contributed by atoms with Crippen molar-refractivity contribution in [1.82, 2.24) is 15.2 Å². The minimum Gasteiger partial charge on any atom is -0.366 e. The van der Waals surface area contributed by atoms with Gasteiger partial charge in [0.1, 0.15) is 5.82 Å². The van der Waals surface area contributed by atoms with Crippen molar-refractivity contribution < 1.29 is 4.79 Å². The van der Waals surface area contributed by atoms with Gasteiger partial charge in [-0.15, -0.1) is 12.4 Å². The third-order valence-electron chi connectivity index (χ3n) is 4.79. The normalized spacial score (nSPS) is 25.2. The van der Waals surface area contributed by atoms with E-state index in [1.165, 1.54) is 13.0 Å². The van der Waals surface area contributed by atoms with Gasteiger partial charge in [-0.1, -0.05) is 6.92 Å². The average Bonchev–Trinajstić information content (AvgIpc) is 2.94. The summed E-state index contributed by atoms with van der Waals surface area (Å²) in [6.07, 6.45) is 2.83. The first-order valence-corrected chi connectivity index (χ1v) is 8.00. The molecular formula is C16H26ClN5O. The molecule has 2 fully saturated rings. The molecule has 6 nitrogen and oxygen atoms in total. The molecule has 0 radical (unpaired) electrons. The number of primary amides is 1. The summed E-state index contributed by atoms with van der Waals surface area (Å²) in [5, 5.41) is 3.47. The summed E-state index contributed by atoms with van der Waals surface area (Å²) in [7, 11) is 0. The van der Waals surface area contributed by atoms with Crippen LogP contribution >= 0.6 is 12.4 Å². The molecule has 0 saturated carbocycles. The molecule has 1 unspecified atom stereocenters. The average molecular weight is 340 g/mol. The Balaban J connectivity index is 0.00000192. The number of halogens is 1. The fraction of sp³-hybridized carbons (Fsp3) is 0.625. The zero-order chi connectivity index (χ0) is 15.6. The minimum atomic E-state index is -0.428. The summed E-state index contributed by atoms with van der Waals surface area (Å²) in [6.45, 7) is 9.91. The van der Waals surface area contributed by atoms with Crippen molar-refractivity contribution >= 4 is 24.1 Å². The van der Waals surface area contributed by atoms with Crippen molar-refractivity contribution in [3.63, 3.8) is 0 Å². The SMILES string of the molecule is CC1(CN2CCN(c3ccc(C(N)=O)cn3)CC2)CCNC1.Cl. The number of hydrogen-bond acceptors (Lipinski definition) is 5. The predicted molar refractivity (Wildman–Crippen MR) is 94.2 cm³/mol.